The average Bonchev–Trinajstić information content (AvgIpc) is 3.28. The van der Waals surface area contributed by atoms with E-state index in [4.69, 9.17) is 16.0 Å². The van der Waals surface area contributed by atoms with Crippen molar-refractivity contribution in [2.24, 2.45) is 4.99 Å². The predicted molar refractivity (Wildman–Crippen MR) is 123 cm³/mol. The molecule has 1 amide bonds. The van der Waals surface area contributed by atoms with Crippen LogP contribution in [0.25, 0.3) is 17.4 Å². The summed E-state index contributed by atoms with van der Waals surface area (Å²) in [7, 11) is 0. The van der Waals surface area contributed by atoms with Crippen LogP contribution < -0.4 is 5.32 Å². The van der Waals surface area contributed by atoms with Crippen LogP contribution in [0.4, 0.5) is 11.4 Å². The number of carbonyl (C=O) groups is 1. The Morgan fingerprint density at radius 3 is 2.58 bits per heavy atom. The molecule has 9 heteroatoms. The first kappa shape index (κ1) is 20.9. The van der Waals surface area contributed by atoms with Crippen molar-refractivity contribution in [2.75, 3.05) is 0 Å². The van der Waals surface area contributed by atoms with Gasteiger partial charge in [0, 0.05) is 23.8 Å². The van der Waals surface area contributed by atoms with E-state index >= 15 is 0 Å². The van der Waals surface area contributed by atoms with Crippen LogP contribution in [0.5, 0.6) is 0 Å². The lowest BCUT2D eigenvalue weighted by atomic mass is 10.1. The fourth-order valence-electron chi connectivity index (χ4n) is 3.13. The Hall–Kier alpha value is -3.36. The molecule has 0 saturated carbocycles. The van der Waals surface area contributed by atoms with Crippen molar-refractivity contribution in [1.82, 2.24) is 5.32 Å². The van der Waals surface area contributed by atoms with E-state index in [1.807, 2.05) is 26.0 Å². The van der Waals surface area contributed by atoms with Crippen molar-refractivity contribution < 1.29 is 14.1 Å². The normalized spacial score (nSPS) is 16.2. The molecule has 0 atom stereocenters. The van der Waals surface area contributed by atoms with Crippen LogP contribution in [0.15, 0.2) is 62.8 Å². The topological polar surface area (TPSA) is 97.7 Å². The second-order valence-corrected chi connectivity index (χ2v) is 8.39. The van der Waals surface area contributed by atoms with Gasteiger partial charge in [0.25, 0.3) is 11.6 Å². The highest BCUT2D eigenvalue weighted by atomic mass is 35.5. The van der Waals surface area contributed by atoms with Crippen molar-refractivity contribution in [3.05, 3.63) is 85.5 Å². The summed E-state index contributed by atoms with van der Waals surface area (Å²) in [6, 6.07) is 13.4. The molecule has 1 aromatic heterocycles. The van der Waals surface area contributed by atoms with Crippen LogP contribution >= 0.6 is 23.4 Å². The van der Waals surface area contributed by atoms with Gasteiger partial charge in [0.1, 0.15) is 11.5 Å². The molecule has 1 aliphatic heterocycles. The first-order valence-electron chi connectivity index (χ1n) is 9.20. The number of carbonyl (C=O) groups excluding carboxylic acids is 1. The highest BCUT2D eigenvalue weighted by Crippen LogP contribution is 2.34. The second kappa shape index (κ2) is 8.41. The van der Waals surface area contributed by atoms with Crippen molar-refractivity contribution in [3.8, 4) is 11.3 Å². The molecule has 4 rings (SSSR count). The van der Waals surface area contributed by atoms with Gasteiger partial charge in [-0.3, -0.25) is 14.9 Å². The van der Waals surface area contributed by atoms with Gasteiger partial charge in [-0.05, 0) is 67.1 Å². The summed E-state index contributed by atoms with van der Waals surface area (Å²) in [6.07, 6.45) is 1.60. The number of nitrogens with one attached hydrogen (secondary N) is 1. The molecule has 1 saturated heterocycles. The lowest BCUT2D eigenvalue weighted by Crippen LogP contribution is -2.19. The fraction of sp³-hybridized carbons (Fsp3) is 0.0909. The molecular weight excluding hydrogens is 438 g/mol. The summed E-state index contributed by atoms with van der Waals surface area (Å²) in [5, 5.41) is 14.6. The molecule has 31 heavy (non-hydrogen) atoms. The zero-order valence-electron chi connectivity index (χ0n) is 16.5. The quantitative estimate of drug-likeness (QED) is 0.296. The van der Waals surface area contributed by atoms with E-state index in [0.717, 1.165) is 16.8 Å². The minimum atomic E-state index is -0.498. The predicted octanol–water partition coefficient (Wildman–Crippen LogP) is 6.02. The minimum Gasteiger partial charge on any atom is -0.457 e. The number of amides is 1. The second-order valence-electron chi connectivity index (χ2n) is 6.95. The third-order valence-corrected chi connectivity index (χ3v) is 5.65. The van der Waals surface area contributed by atoms with Crippen LogP contribution in [0.2, 0.25) is 5.02 Å². The maximum atomic E-state index is 12.3. The molecule has 1 fully saturated rings. The number of thioether (sulfide) groups is 1. The number of nitrogens with zero attached hydrogens (tertiary/aromatic N) is 2. The number of amidine groups is 1. The van der Waals surface area contributed by atoms with Crippen LogP contribution in [-0.2, 0) is 4.79 Å². The van der Waals surface area contributed by atoms with Crippen LogP contribution in [0.1, 0.15) is 16.9 Å². The monoisotopic (exact) mass is 453 g/mol. The molecule has 156 valence electrons. The van der Waals surface area contributed by atoms with Crippen molar-refractivity contribution in [1.29, 1.82) is 0 Å². The molecule has 1 aliphatic rings. The van der Waals surface area contributed by atoms with Crippen molar-refractivity contribution >= 4 is 51.9 Å². The maximum absolute atomic E-state index is 12.3. The standard InChI is InChI=1S/C22H16ClN3O4S/c1-12-7-13(2)9-14(8-12)24-22-25-21(27)20(31-22)11-16-4-6-19(30-16)17-10-15(26(28)29)3-5-18(17)23/h3-11H,1-2H3,(H,24,25,27). The number of nitro benzene ring substituents is 1. The molecule has 0 bridgehead atoms. The van der Waals surface area contributed by atoms with Gasteiger partial charge in [-0.2, -0.15) is 0 Å². The Morgan fingerprint density at radius 2 is 1.87 bits per heavy atom. The van der Waals surface area contributed by atoms with E-state index in [-0.39, 0.29) is 11.6 Å². The van der Waals surface area contributed by atoms with Gasteiger partial charge in [-0.1, -0.05) is 17.7 Å². The van der Waals surface area contributed by atoms with E-state index in [1.165, 1.54) is 30.0 Å². The van der Waals surface area contributed by atoms with Gasteiger partial charge in [-0.25, -0.2) is 4.99 Å². The molecule has 1 N–H and O–H groups in total. The lowest BCUT2D eigenvalue weighted by molar-refractivity contribution is -0.384. The fourth-order valence-corrected chi connectivity index (χ4v) is 4.17. The van der Waals surface area contributed by atoms with Crippen molar-refractivity contribution in [2.45, 2.75) is 13.8 Å². The summed E-state index contributed by atoms with van der Waals surface area (Å²) in [5.41, 5.74) is 3.26. The number of rotatable bonds is 4. The number of halogens is 1. The zero-order valence-corrected chi connectivity index (χ0v) is 18.1. The summed E-state index contributed by atoms with van der Waals surface area (Å²) < 4.78 is 5.76. The number of hydrogen-bond donors (Lipinski definition) is 1. The molecule has 0 unspecified atom stereocenters. The number of hydrogen-bond acceptors (Lipinski definition) is 6. The number of non-ortho nitro benzene ring substituents is 1. The Kier molecular flexibility index (Phi) is 5.67. The minimum absolute atomic E-state index is 0.0892. The number of aryl methyl sites for hydroxylation is 2. The molecule has 0 aliphatic carbocycles. The number of nitro groups is 1. The Morgan fingerprint density at radius 1 is 1.13 bits per heavy atom. The van der Waals surface area contributed by atoms with Gasteiger partial charge in [-0.15, -0.1) is 0 Å². The number of aliphatic imine (C=N–C) groups is 1. The van der Waals surface area contributed by atoms with Crippen molar-refractivity contribution in [3.63, 3.8) is 0 Å². The largest absolute Gasteiger partial charge is 0.457 e. The van der Waals surface area contributed by atoms with E-state index < -0.39 is 4.92 Å². The summed E-state index contributed by atoms with van der Waals surface area (Å²) in [4.78, 5) is 27.8. The summed E-state index contributed by atoms with van der Waals surface area (Å²) >= 11 is 7.38. The number of furan rings is 1. The molecule has 2 aromatic carbocycles. The van der Waals surface area contributed by atoms with Gasteiger partial charge in [0.05, 0.1) is 20.5 Å². The summed E-state index contributed by atoms with van der Waals surface area (Å²) in [6.45, 7) is 3.98. The van der Waals surface area contributed by atoms with Crippen LogP contribution in [0, 0.1) is 24.0 Å². The van der Waals surface area contributed by atoms with E-state index in [9.17, 15) is 14.9 Å². The van der Waals surface area contributed by atoms with Gasteiger partial charge >= 0.3 is 0 Å². The number of benzene rings is 2. The van der Waals surface area contributed by atoms with Gasteiger partial charge in [0.2, 0.25) is 0 Å². The van der Waals surface area contributed by atoms with Gasteiger partial charge in [0.15, 0.2) is 5.17 Å². The Bertz CT molecular complexity index is 1260. The summed E-state index contributed by atoms with van der Waals surface area (Å²) in [5.74, 6) is 0.510. The Balaban J connectivity index is 1.58. The highest BCUT2D eigenvalue weighted by Gasteiger charge is 2.24. The third-order valence-electron chi connectivity index (χ3n) is 4.41. The van der Waals surface area contributed by atoms with Crippen LogP contribution in [-0.4, -0.2) is 16.0 Å². The molecule has 3 aromatic rings. The molecule has 0 radical (unpaired) electrons. The smallest absolute Gasteiger partial charge is 0.270 e. The first-order chi connectivity index (χ1) is 14.8. The Labute approximate surface area is 187 Å². The molecular formula is C22H16ClN3O4S. The maximum Gasteiger partial charge on any atom is 0.270 e. The third kappa shape index (κ3) is 4.70. The van der Waals surface area contributed by atoms with Gasteiger partial charge < -0.3 is 9.73 Å². The lowest BCUT2D eigenvalue weighted by Gasteiger charge is -2.01. The van der Waals surface area contributed by atoms with E-state index in [0.29, 0.717) is 32.2 Å². The van der Waals surface area contributed by atoms with Crippen LogP contribution in [0.3, 0.4) is 0 Å². The average molecular weight is 454 g/mol. The molecule has 7 nitrogen and oxygen atoms in total. The SMILES string of the molecule is Cc1cc(C)cc(N=C2NC(=O)C(=Cc3ccc(-c4cc([N+](=O)[O-])ccc4Cl)o3)S2)c1. The first-order valence-corrected chi connectivity index (χ1v) is 10.4. The molecule has 0 spiro atoms. The van der Waals surface area contributed by atoms with E-state index in [2.05, 4.69) is 16.4 Å². The highest BCUT2D eigenvalue weighted by molar-refractivity contribution is 8.18. The van der Waals surface area contributed by atoms with E-state index in [1.54, 1.807) is 18.2 Å². The zero-order chi connectivity index (χ0) is 22.1. The molecule has 2 heterocycles.